The maximum Gasteiger partial charge on any atom is 0.343 e. The first-order valence-electron chi connectivity index (χ1n) is 13.4. The summed E-state index contributed by atoms with van der Waals surface area (Å²) in [5, 5.41) is 41.5. The molecule has 11 nitrogen and oxygen atoms in total. The van der Waals surface area contributed by atoms with E-state index in [1.54, 1.807) is 48.5 Å². The molecule has 226 valence electrons. The number of phenols is 2. The van der Waals surface area contributed by atoms with Gasteiger partial charge >= 0.3 is 5.97 Å². The lowest BCUT2D eigenvalue weighted by molar-refractivity contribution is -0.0130. The molecule has 4 aromatic carbocycles. The van der Waals surface area contributed by atoms with E-state index < -0.39 is 48.5 Å². The van der Waals surface area contributed by atoms with Crippen molar-refractivity contribution in [1.82, 2.24) is 0 Å². The molecule has 2 aliphatic heterocycles. The van der Waals surface area contributed by atoms with Crippen molar-refractivity contribution >= 4 is 27.7 Å². The van der Waals surface area contributed by atoms with Gasteiger partial charge in [0.25, 0.3) is 0 Å². The number of benzene rings is 4. The summed E-state index contributed by atoms with van der Waals surface area (Å²) in [5.74, 6) is -1.42. The van der Waals surface area contributed by atoms with Gasteiger partial charge in [0, 0.05) is 22.2 Å². The fourth-order valence-electron chi connectivity index (χ4n) is 5.08. The zero-order valence-corrected chi connectivity index (χ0v) is 24.6. The molecular weight excluding hydrogens is 640 g/mol. The minimum absolute atomic E-state index is 0.0519. The quantitative estimate of drug-likeness (QED) is 0.168. The normalized spacial score (nSPS) is 20.3. The predicted octanol–water partition coefficient (Wildman–Crippen LogP) is 4.64. The molecule has 0 unspecified atom stereocenters. The van der Waals surface area contributed by atoms with Crippen LogP contribution in [0.25, 0.3) is 0 Å². The van der Waals surface area contributed by atoms with Crippen LogP contribution in [-0.2, 0) is 0 Å². The molecule has 0 aromatic heterocycles. The van der Waals surface area contributed by atoms with Gasteiger partial charge < -0.3 is 44.1 Å². The summed E-state index contributed by atoms with van der Waals surface area (Å²) in [6, 6.07) is 18.2. The largest absolute Gasteiger partial charge is 0.507 e. The smallest absolute Gasteiger partial charge is 0.343 e. The van der Waals surface area contributed by atoms with E-state index in [-0.39, 0.29) is 39.9 Å². The molecule has 0 saturated carbocycles. The Bertz CT molecular complexity index is 1750. The van der Waals surface area contributed by atoms with Crippen molar-refractivity contribution < 1.29 is 53.7 Å². The van der Waals surface area contributed by atoms with Crippen molar-refractivity contribution in [3.8, 4) is 40.2 Å². The SMILES string of the molecule is COc1cc([C@H]2Oc3ccc([C@H]4Oc5cc(OC(=O)c6ccc(Br)cc6)cc(O)c5C(=O)[C@@H]4O)cc3O[C@@H]2CO)ccc1O. The van der Waals surface area contributed by atoms with E-state index in [0.29, 0.717) is 16.9 Å². The average Bonchev–Trinajstić information content (AvgIpc) is 3.02. The molecule has 44 heavy (non-hydrogen) atoms. The van der Waals surface area contributed by atoms with E-state index in [9.17, 15) is 30.0 Å². The van der Waals surface area contributed by atoms with Crippen LogP contribution in [0.5, 0.6) is 40.2 Å². The van der Waals surface area contributed by atoms with Crippen LogP contribution in [0.2, 0.25) is 0 Å². The van der Waals surface area contributed by atoms with Gasteiger partial charge in [0.2, 0.25) is 5.78 Å². The summed E-state index contributed by atoms with van der Waals surface area (Å²) >= 11 is 3.30. The number of hydrogen-bond donors (Lipinski definition) is 4. The predicted molar refractivity (Wildman–Crippen MR) is 157 cm³/mol. The zero-order chi connectivity index (χ0) is 31.1. The number of methoxy groups -OCH3 is 1. The number of carbonyl (C=O) groups excluding carboxylic acids is 2. The number of Topliss-reactive ketones (excluding diaryl/α,β-unsaturated/α-hetero) is 1. The van der Waals surface area contributed by atoms with Gasteiger partial charge in [-0.15, -0.1) is 0 Å². The second-order valence-corrected chi connectivity index (χ2v) is 11.0. The van der Waals surface area contributed by atoms with Crippen LogP contribution in [0.4, 0.5) is 0 Å². The molecule has 2 aliphatic rings. The fourth-order valence-corrected chi connectivity index (χ4v) is 5.34. The number of hydrogen-bond acceptors (Lipinski definition) is 11. The van der Waals surface area contributed by atoms with E-state index in [1.807, 2.05) is 0 Å². The van der Waals surface area contributed by atoms with E-state index in [1.165, 1.54) is 25.3 Å². The maximum absolute atomic E-state index is 13.2. The van der Waals surface area contributed by atoms with Crippen LogP contribution in [0.3, 0.4) is 0 Å². The molecule has 0 aliphatic carbocycles. The van der Waals surface area contributed by atoms with Crippen molar-refractivity contribution in [2.75, 3.05) is 13.7 Å². The van der Waals surface area contributed by atoms with Crippen LogP contribution in [0.1, 0.15) is 44.1 Å². The Balaban J connectivity index is 1.27. The van der Waals surface area contributed by atoms with Crippen LogP contribution < -0.4 is 23.7 Å². The number of aliphatic hydroxyl groups is 2. The van der Waals surface area contributed by atoms with Gasteiger partial charge in [-0.2, -0.15) is 0 Å². The Labute approximate surface area is 258 Å². The lowest BCUT2D eigenvalue weighted by Gasteiger charge is -2.35. The van der Waals surface area contributed by atoms with Gasteiger partial charge in [0.05, 0.1) is 19.3 Å². The summed E-state index contributed by atoms with van der Waals surface area (Å²) in [6.45, 7) is -0.410. The van der Waals surface area contributed by atoms with Crippen molar-refractivity contribution in [3.63, 3.8) is 0 Å². The molecule has 0 saturated heterocycles. The fraction of sp³-hybridized carbons (Fsp3) is 0.188. The molecule has 12 heteroatoms. The van der Waals surface area contributed by atoms with Crippen molar-refractivity contribution in [2.45, 2.75) is 24.4 Å². The number of ketones is 1. The number of rotatable bonds is 6. The van der Waals surface area contributed by atoms with Crippen molar-refractivity contribution in [1.29, 1.82) is 0 Å². The molecule has 4 N–H and O–H groups in total. The zero-order valence-electron chi connectivity index (χ0n) is 23.0. The van der Waals surface area contributed by atoms with Gasteiger partial charge in [-0.1, -0.05) is 28.1 Å². The Kier molecular flexibility index (Phi) is 7.80. The number of ether oxygens (including phenoxy) is 5. The molecular formula is C32H25BrO11. The van der Waals surface area contributed by atoms with E-state index in [4.69, 9.17) is 23.7 Å². The second kappa shape index (κ2) is 11.7. The minimum Gasteiger partial charge on any atom is -0.507 e. The van der Waals surface area contributed by atoms with Crippen molar-refractivity contribution in [2.24, 2.45) is 0 Å². The second-order valence-electron chi connectivity index (χ2n) is 10.1. The monoisotopic (exact) mass is 664 g/mol. The highest BCUT2D eigenvalue weighted by Gasteiger charge is 2.41. The van der Waals surface area contributed by atoms with E-state index >= 15 is 0 Å². The summed E-state index contributed by atoms with van der Waals surface area (Å²) in [5.41, 5.74) is 0.956. The Morgan fingerprint density at radius 2 is 1.55 bits per heavy atom. The molecule has 6 rings (SSSR count). The lowest BCUT2D eigenvalue weighted by Crippen LogP contribution is -2.37. The molecule has 0 amide bonds. The summed E-state index contributed by atoms with van der Waals surface area (Å²) in [7, 11) is 1.42. The van der Waals surface area contributed by atoms with Gasteiger partial charge in [0.15, 0.2) is 47.4 Å². The van der Waals surface area contributed by atoms with Gasteiger partial charge in [-0.05, 0) is 54.1 Å². The van der Waals surface area contributed by atoms with Crippen LogP contribution >= 0.6 is 15.9 Å². The number of aliphatic hydroxyl groups excluding tert-OH is 2. The molecule has 0 spiro atoms. The average molecular weight is 665 g/mol. The Hall–Kier alpha value is -4.78. The van der Waals surface area contributed by atoms with Crippen LogP contribution in [-0.4, -0.2) is 58.1 Å². The van der Waals surface area contributed by atoms with E-state index in [2.05, 4.69) is 15.9 Å². The first-order valence-corrected chi connectivity index (χ1v) is 14.1. The number of aromatic hydroxyl groups is 2. The highest BCUT2D eigenvalue weighted by Crippen LogP contribution is 2.46. The van der Waals surface area contributed by atoms with E-state index in [0.717, 1.165) is 10.5 Å². The first kappa shape index (κ1) is 29.3. The molecule has 4 aromatic rings. The maximum atomic E-state index is 13.2. The highest BCUT2D eigenvalue weighted by atomic mass is 79.9. The molecule has 0 bridgehead atoms. The highest BCUT2D eigenvalue weighted by molar-refractivity contribution is 9.10. The third kappa shape index (κ3) is 5.39. The van der Waals surface area contributed by atoms with Crippen LogP contribution in [0, 0.1) is 0 Å². The number of phenolic OH excluding ortho intramolecular Hbond substituents is 2. The topological polar surface area (TPSA) is 161 Å². The van der Waals surface area contributed by atoms with Crippen molar-refractivity contribution in [3.05, 3.63) is 99.5 Å². The van der Waals surface area contributed by atoms with Gasteiger partial charge in [-0.3, -0.25) is 4.79 Å². The third-order valence-electron chi connectivity index (χ3n) is 7.28. The summed E-state index contributed by atoms with van der Waals surface area (Å²) in [6.07, 6.45) is -4.48. The van der Waals surface area contributed by atoms with Gasteiger partial charge in [-0.25, -0.2) is 4.79 Å². The lowest BCUT2D eigenvalue weighted by atomic mass is 9.92. The van der Waals surface area contributed by atoms with Gasteiger partial charge in [0.1, 0.15) is 22.8 Å². The molecule has 0 radical (unpaired) electrons. The Morgan fingerprint density at radius 3 is 2.27 bits per heavy atom. The summed E-state index contributed by atoms with van der Waals surface area (Å²) < 4.78 is 29.5. The number of fused-ring (bicyclic) bond motifs is 2. The number of halogens is 1. The molecule has 2 heterocycles. The summed E-state index contributed by atoms with van der Waals surface area (Å²) in [4.78, 5) is 25.8. The Morgan fingerprint density at radius 1 is 0.841 bits per heavy atom. The number of carbonyl (C=O) groups is 2. The van der Waals surface area contributed by atoms with Crippen LogP contribution in [0.15, 0.2) is 77.3 Å². The minimum atomic E-state index is -1.68. The molecule has 4 atom stereocenters. The molecule has 0 fully saturated rings. The third-order valence-corrected chi connectivity index (χ3v) is 7.81. The first-order chi connectivity index (χ1) is 21.2. The number of esters is 1. The standard InChI is InChI=1S/C32H25BrO11/c1-40-23-10-16(4-8-20(23)35)30-26(14-34)42-24-11-17(5-9-22(24)43-30)31-29(38)28(37)27-21(36)12-19(13-25(27)44-31)41-32(39)15-2-6-18(33)7-3-15/h2-13,26,29-31,34-36,38H,14H2,1H3/t26-,29+,30-,31-/m1/s1.